The van der Waals surface area contributed by atoms with Crippen LogP contribution in [0.3, 0.4) is 0 Å². The Morgan fingerprint density at radius 3 is 2.19 bits per heavy atom. The third kappa shape index (κ3) is 5.20. The lowest BCUT2D eigenvalue weighted by molar-refractivity contribution is 0.0783. The van der Waals surface area contributed by atoms with E-state index in [1.807, 2.05) is 12.1 Å². The van der Waals surface area contributed by atoms with Crippen LogP contribution in [-0.2, 0) is 26.4 Å². The zero-order valence-electron chi connectivity index (χ0n) is 17.7. The molecule has 0 aliphatic carbocycles. The molecule has 2 aliphatic rings. The maximum absolute atomic E-state index is 12.7. The summed E-state index contributed by atoms with van der Waals surface area (Å²) >= 11 is 1.27. The molecule has 2 aromatic rings. The third-order valence-electron chi connectivity index (χ3n) is 6.20. The summed E-state index contributed by atoms with van der Waals surface area (Å²) in [5.41, 5.74) is 0.857. The number of hydrogen-bond acceptors (Lipinski definition) is 7. The summed E-state index contributed by atoms with van der Waals surface area (Å²) in [6.45, 7) is 5.04. The molecule has 0 bridgehead atoms. The van der Waals surface area contributed by atoms with Crippen LogP contribution in [0.2, 0.25) is 0 Å². The van der Waals surface area contributed by atoms with Crippen molar-refractivity contribution < 1.29 is 16.8 Å². The second kappa shape index (κ2) is 9.29. The van der Waals surface area contributed by atoms with E-state index in [0.29, 0.717) is 34.8 Å². The standard InChI is InChI=1S/C21H29N3O4S3/c1-30(25,26)20-6-3-2-5-18(20)17-22-10-8-19(9-11-22)23-12-14-24(15-13-23)31(27,28)21-7-4-16-29-21/h2-7,16,19H,8-15,17H2,1H3. The lowest BCUT2D eigenvalue weighted by Gasteiger charge is -2.42. The topological polar surface area (TPSA) is 78.0 Å². The van der Waals surface area contributed by atoms with E-state index in [4.69, 9.17) is 0 Å². The summed E-state index contributed by atoms with van der Waals surface area (Å²) in [7, 11) is -6.60. The molecule has 31 heavy (non-hydrogen) atoms. The van der Waals surface area contributed by atoms with Gasteiger partial charge >= 0.3 is 0 Å². The van der Waals surface area contributed by atoms with Crippen molar-refractivity contribution in [3.8, 4) is 0 Å². The molecule has 2 aliphatic heterocycles. The zero-order chi connectivity index (χ0) is 22.1. The summed E-state index contributed by atoms with van der Waals surface area (Å²) < 4.78 is 51.6. The van der Waals surface area contributed by atoms with Gasteiger partial charge in [-0.2, -0.15) is 4.31 Å². The lowest BCUT2D eigenvalue weighted by Crippen LogP contribution is -2.54. The molecule has 2 saturated heterocycles. The van der Waals surface area contributed by atoms with Gasteiger partial charge in [-0.05, 0) is 49.0 Å². The molecule has 170 valence electrons. The van der Waals surface area contributed by atoms with Gasteiger partial charge in [0, 0.05) is 45.0 Å². The summed E-state index contributed by atoms with van der Waals surface area (Å²) in [5, 5.41) is 1.80. The highest BCUT2D eigenvalue weighted by Gasteiger charge is 2.33. The van der Waals surface area contributed by atoms with Gasteiger partial charge in [0.1, 0.15) is 4.21 Å². The molecule has 0 amide bonds. The second-order valence-corrected chi connectivity index (χ2v) is 13.4. The van der Waals surface area contributed by atoms with Crippen molar-refractivity contribution in [3.05, 3.63) is 47.3 Å². The molecule has 4 rings (SSSR count). The Balaban J connectivity index is 1.30. The molecule has 0 N–H and O–H groups in total. The van der Waals surface area contributed by atoms with Gasteiger partial charge in [0.05, 0.1) is 4.90 Å². The van der Waals surface area contributed by atoms with Crippen LogP contribution < -0.4 is 0 Å². The first kappa shape index (κ1) is 22.9. The van der Waals surface area contributed by atoms with Crippen LogP contribution in [0, 0.1) is 0 Å². The van der Waals surface area contributed by atoms with Crippen LogP contribution in [-0.4, -0.2) is 82.5 Å². The molecule has 2 fully saturated rings. The Labute approximate surface area is 189 Å². The number of rotatable bonds is 6. The lowest BCUT2D eigenvalue weighted by atomic mass is 10.0. The third-order valence-corrected chi connectivity index (χ3v) is 10.7. The molecule has 10 heteroatoms. The second-order valence-electron chi connectivity index (χ2n) is 8.26. The molecular weight excluding hydrogens is 454 g/mol. The number of hydrogen-bond donors (Lipinski definition) is 0. The van der Waals surface area contributed by atoms with Crippen molar-refractivity contribution in [2.24, 2.45) is 0 Å². The normalized spacial score (nSPS) is 20.8. The monoisotopic (exact) mass is 483 g/mol. The van der Waals surface area contributed by atoms with Gasteiger partial charge in [-0.15, -0.1) is 11.3 Å². The van der Waals surface area contributed by atoms with Crippen molar-refractivity contribution in [2.75, 3.05) is 45.5 Å². The number of thiophene rings is 1. The van der Waals surface area contributed by atoms with Gasteiger partial charge in [0.2, 0.25) is 0 Å². The fourth-order valence-electron chi connectivity index (χ4n) is 4.53. The first-order valence-corrected chi connectivity index (χ1v) is 14.7. The van der Waals surface area contributed by atoms with Crippen molar-refractivity contribution >= 4 is 31.2 Å². The Hall–Kier alpha value is -1.30. The minimum absolute atomic E-state index is 0.417. The minimum atomic E-state index is -3.36. The molecule has 0 unspecified atom stereocenters. The number of piperazine rings is 1. The van der Waals surface area contributed by atoms with Crippen LogP contribution in [0.25, 0.3) is 0 Å². The minimum Gasteiger partial charge on any atom is -0.299 e. The summed E-state index contributed by atoms with van der Waals surface area (Å²) in [5.74, 6) is 0. The van der Waals surface area contributed by atoms with Gasteiger partial charge in [-0.25, -0.2) is 16.8 Å². The molecule has 0 radical (unpaired) electrons. The molecule has 1 aromatic heterocycles. The van der Waals surface area contributed by atoms with Crippen molar-refractivity contribution in [1.29, 1.82) is 0 Å². The van der Waals surface area contributed by atoms with Crippen molar-refractivity contribution in [3.63, 3.8) is 0 Å². The van der Waals surface area contributed by atoms with E-state index in [-0.39, 0.29) is 0 Å². The molecule has 7 nitrogen and oxygen atoms in total. The molecule has 0 spiro atoms. The Morgan fingerprint density at radius 2 is 1.58 bits per heavy atom. The van der Waals surface area contributed by atoms with Crippen LogP contribution in [0.4, 0.5) is 0 Å². The smallest absolute Gasteiger partial charge is 0.252 e. The number of nitrogens with zero attached hydrogens (tertiary/aromatic N) is 3. The maximum Gasteiger partial charge on any atom is 0.252 e. The van der Waals surface area contributed by atoms with Crippen LogP contribution in [0.5, 0.6) is 0 Å². The average molecular weight is 484 g/mol. The molecule has 1 aromatic carbocycles. The highest BCUT2D eigenvalue weighted by atomic mass is 32.2. The number of sulfonamides is 1. The average Bonchev–Trinajstić information content (AvgIpc) is 3.30. The summed E-state index contributed by atoms with van der Waals surface area (Å²) in [6, 6.07) is 11.1. The fraction of sp³-hybridized carbons (Fsp3) is 0.524. The van der Waals surface area contributed by atoms with Gasteiger partial charge in [-0.1, -0.05) is 24.3 Å². The molecule has 0 atom stereocenters. The van der Waals surface area contributed by atoms with E-state index in [2.05, 4.69) is 9.80 Å². The van der Waals surface area contributed by atoms with Gasteiger partial charge in [0.25, 0.3) is 10.0 Å². The van der Waals surface area contributed by atoms with Crippen molar-refractivity contribution in [1.82, 2.24) is 14.1 Å². The van der Waals surface area contributed by atoms with Gasteiger partial charge < -0.3 is 0 Å². The molecular formula is C21H29N3O4S3. The Morgan fingerprint density at radius 1 is 0.903 bits per heavy atom. The maximum atomic E-state index is 12.7. The van der Waals surface area contributed by atoms with Crippen molar-refractivity contribution in [2.45, 2.75) is 34.5 Å². The first-order valence-electron chi connectivity index (χ1n) is 10.5. The van der Waals surface area contributed by atoms with Crippen LogP contribution in [0.1, 0.15) is 18.4 Å². The van der Waals surface area contributed by atoms with E-state index in [9.17, 15) is 16.8 Å². The predicted molar refractivity (Wildman–Crippen MR) is 123 cm³/mol. The SMILES string of the molecule is CS(=O)(=O)c1ccccc1CN1CCC(N2CCN(S(=O)(=O)c3cccs3)CC2)CC1. The number of sulfone groups is 1. The Bertz CT molecular complexity index is 1080. The number of piperidine rings is 1. The van der Waals surface area contributed by atoms with Crippen LogP contribution in [0.15, 0.2) is 50.9 Å². The summed E-state index contributed by atoms with van der Waals surface area (Å²) in [4.78, 5) is 5.15. The predicted octanol–water partition coefficient (Wildman–Crippen LogP) is 2.12. The zero-order valence-corrected chi connectivity index (χ0v) is 20.1. The highest BCUT2D eigenvalue weighted by molar-refractivity contribution is 7.91. The van der Waals surface area contributed by atoms with E-state index >= 15 is 0 Å². The number of benzene rings is 1. The molecule has 0 saturated carbocycles. The van der Waals surface area contributed by atoms with E-state index < -0.39 is 19.9 Å². The Kier molecular flexibility index (Phi) is 6.85. The molecule has 3 heterocycles. The largest absolute Gasteiger partial charge is 0.299 e. The fourth-order valence-corrected chi connectivity index (χ4v) is 8.03. The van der Waals surface area contributed by atoms with E-state index in [0.717, 1.165) is 44.6 Å². The highest BCUT2D eigenvalue weighted by Crippen LogP contribution is 2.25. The van der Waals surface area contributed by atoms with Crippen LogP contribution >= 0.6 is 11.3 Å². The number of likely N-dealkylation sites (tertiary alicyclic amines) is 1. The van der Waals surface area contributed by atoms with Gasteiger partial charge in [-0.3, -0.25) is 9.80 Å². The van der Waals surface area contributed by atoms with Gasteiger partial charge in [0.15, 0.2) is 9.84 Å². The first-order chi connectivity index (χ1) is 14.7. The van der Waals surface area contributed by atoms with E-state index in [1.54, 1.807) is 34.0 Å². The quantitative estimate of drug-likeness (QED) is 0.626. The summed E-state index contributed by atoms with van der Waals surface area (Å²) in [6.07, 6.45) is 3.29. The van der Waals surface area contributed by atoms with E-state index in [1.165, 1.54) is 17.6 Å².